The summed E-state index contributed by atoms with van der Waals surface area (Å²) in [6.07, 6.45) is 2.28. The van der Waals surface area contributed by atoms with Crippen molar-refractivity contribution >= 4 is 61.8 Å². The number of amides is 4. The van der Waals surface area contributed by atoms with Gasteiger partial charge in [-0.25, -0.2) is 0 Å². The van der Waals surface area contributed by atoms with Gasteiger partial charge in [0.05, 0.1) is 0 Å². The number of carbonyl (C=O) groups is 6. The van der Waals surface area contributed by atoms with E-state index >= 15 is 0 Å². The molecule has 0 aromatic carbocycles. The molecule has 2 fully saturated rings. The molecule has 2 rings (SSSR count). The van der Waals surface area contributed by atoms with E-state index in [4.69, 9.17) is 20.9 Å². The van der Waals surface area contributed by atoms with Crippen LogP contribution in [0.2, 0.25) is 10.6 Å². The first-order chi connectivity index (χ1) is 20.7. The van der Waals surface area contributed by atoms with Crippen molar-refractivity contribution in [3.8, 4) is 0 Å². The van der Waals surface area contributed by atoms with Crippen LogP contribution in [-0.2, 0) is 38.2 Å². The number of rotatable bonds is 15. The Labute approximate surface area is 270 Å². The van der Waals surface area contributed by atoms with Crippen molar-refractivity contribution in [2.45, 2.75) is 100 Å². The molecule has 2 aliphatic rings. The number of hydrogen-bond donors (Lipinski definition) is 4. The summed E-state index contributed by atoms with van der Waals surface area (Å²) in [6.45, 7) is 8.02. The third-order valence-electron chi connectivity index (χ3n) is 7.73. The summed E-state index contributed by atoms with van der Waals surface area (Å²) in [6, 6.07) is -4.57. The van der Waals surface area contributed by atoms with Crippen molar-refractivity contribution in [1.29, 1.82) is 0 Å². The quantitative estimate of drug-likeness (QED) is 0.0858. The van der Waals surface area contributed by atoms with E-state index in [-0.39, 0.29) is 49.9 Å². The van der Waals surface area contributed by atoms with E-state index < -0.39 is 60.0 Å². The van der Waals surface area contributed by atoms with Crippen LogP contribution in [0.25, 0.3) is 0 Å². The van der Waals surface area contributed by atoms with E-state index in [1.54, 1.807) is 27.7 Å². The van der Waals surface area contributed by atoms with Crippen molar-refractivity contribution in [3.63, 3.8) is 0 Å². The minimum atomic E-state index is -0.807. The van der Waals surface area contributed by atoms with Gasteiger partial charge in [0.1, 0.15) is 0 Å². The fraction of sp³-hybridized carbons (Fsp3) is 0.786. The third-order valence-corrected chi connectivity index (χ3v) is 14.9. The topological polar surface area (TPSA) is 203 Å². The predicted octanol–water partition coefficient (Wildman–Crippen LogP) is -1.59. The van der Waals surface area contributed by atoms with Gasteiger partial charge in [-0.1, -0.05) is 0 Å². The first-order valence-corrected chi connectivity index (χ1v) is 21.6. The predicted molar refractivity (Wildman–Crippen MR) is 164 cm³/mol. The van der Waals surface area contributed by atoms with Crippen LogP contribution in [-0.4, -0.2) is 135 Å². The van der Waals surface area contributed by atoms with Crippen molar-refractivity contribution in [2.24, 2.45) is 23.3 Å². The molecule has 44 heavy (non-hydrogen) atoms. The number of nitrogens with zero attached hydrogens (tertiary/aromatic N) is 2. The molecule has 2 heterocycles. The first-order valence-electron chi connectivity index (χ1n) is 14.9. The molecule has 0 radical (unpaired) electrons. The summed E-state index contributed by atoms with van der Waals surface area (Å²) in [7, 11) is 2.53. The molecule has 0 unspecified atom stereocenters. The maximum absolute atomic E-state index is 13.2. The van der Waals surface area contributed by atoms with Crippen LogP contribution in [0.3, 0.4) is 0 Å². The Morgan fingerprint density at radius 2 is 1.05 bits per heavy atom. The van der Waals surface area contributed by atoms with Gasteiger partial charge < -0.3 is 0 Å². The van der Waals surface area contributed by atoms with E-state index in [1.807, 2.05) is 0 Å². The number of ether oxygens (including phenoxy) is 2. The molecule has 14 nitrogen and oxygen atoms in total. The third kappa shape index (κ3) is 10.1. The zero-order valence-corrected chi connectivity index (χ0v) is 29.8. The van der Waals surface area contributed by atoms with E-state index in [0.717, 1.165) is 0 Å². The molecule has 0 aliphatic carbocycles. The van der Waals surface area contributed by atoms with E-state index in [9.17, 15) is 28.8 Å². The van der Waals surface area contributed by atoms with Crippen LogP contribution in [0.5, 0.6) is 0 Å². The minimum absolute atomic E-state index is 0.0299. The summed E-state index contributed by atoms with van der Waals surface area (Å²) in [4.78, 5) is 79.4. The summed E-state index contributed by atoms with van der Waals surface area (Å²) in [5.41, 5.74) is 12.5. The summed E-state index contributed by atoms with van der Waals surface area (Å²) < 4.78 is 9.60. The van der Waals surface area contributed by atoms with Gasteiger partial charge in [0.2, 0.25) is 0 Å². The molecule has 0 spiro atoms. The molecular formula is C28H48N6O8Se2. The average Bonchev–Trinajstić information content (AvgIpc) is 3.69. The zero-order chi connectivity index (χ0) is 33.1. The second kappa shape index (κ2) is 18.1. The van der Waals surface area contributed by atoms with Gasteiger partial charge in [0, 0.05) is 0 Å². The Bertz CT molecular complexity index is 968. The maximum atomic E-state index is 13.2. The van der Waals surface area contributed by atoms with Crippen molar-refractivity contribution in [2.75, 3.05) is 27.3 Å². The fourth-order valence-electron chi connectivity index (χ4n) is 5.17. The summed E-state index contributed by atoms with van der Waals surface area (Å²) >= 11 is -0.0598. The number of methoxy groups -OCH3 is 2. The van der Waals surface area contributed by atoms with E-state index in [2.05, 4.69) is 10.6 Å². The second-order valence-corrected chi connectivity index (χ2v) is 19.2. The average molecular weight is 755 g/mol. The molecule has 6 atom stereocenters. The number of likely N-dealkylation sites (tertiary alicyclic amines) is 2. The molecule has 4 amide bonds. The van der Waals surface area contributed by atoms with Crippen LogP contribution in [0.4, 0.5) is 0 Å². The molecule has 0 aromatic heterocycles. The van der Waals surface area contributed by atoms with Gasteiger partial charge in [-0.3, -0.25) is 0 Å². The van der Waals surface area contributed by atoms with Gasteiger partial charge in [-0.2, -0.15) is 0 Å². The van der Waals surface area contributed by atoms with Gasteiger partial charge in [-0.05, 0) is 0 Å². The number of esters is 2. The van der Waals surface area contributed by atoms with Crippen LogP contribution in [0.15, 0.2) is 0 Å². The van der Waals surface area contributed by atoms with Crippen LogP contribution in [0.1, 0.15) is 53.4 Å². The number of hydrogen-bond acceptors (Lipinski definition) is 10. The molecule has 6 N–H and O–H groups in total. The molecule has 2 saturated heterocycles. The standard InChI is InChI=1S/C28H48N6O8Se2/c1-15(2)21(27(39)41-5)31-23(35)19-9-7-11-33(19)25(37)17(29)13-43-44-14-18(30)26(38)34-12-8-10-20(34)24(36)32-22(16(3)4)28(40)42-6/h15-22H,7-14,29-30H2,1-6H3,(H,31,35)(H,32,36)/t17-,18-,19-,20-,21-,22-/m0/s1. The first kappa shape index (κ1) is 38.0. The van der Waals surface area contributed by atoms with Crippen LogP contribution in [0, 0.1) is 11.8 Å². The van der Waals surface area contributed by atoms with Crippen LogP contribution >= 0.6 is 0 Å². The van der Waals surface area contributed by atoms with Gasteiger partial charge in [0.15, 0.2) is 0 Å². The van der Waals surface area contributed by atoms with Gasteiger partial charge in [0.25, 0.3) is 0 Å². The monoisotopic (exact) mass is 756 g/mol. The van der Waals surface area contributed by atoms with Crippen molar-refractivity contribution in [3.05, 3.63) is 0 Å². The Hall–Kier alpha value is -2.22. The van der Waals surface area contributed by atoms with Crippen molar-refractivity contribution < 1.29 is 38.2 Å². The van der Waals surface area contributed by atoms with E-state index in [1.165, 1.54) is 24.0 Å². The number of carbonyl (C=O) groups excluding carboxylic acids is 6. The number of nitrogens with one attached hydrogen (secondary N) is 2. The Kier molecular flexibility index (Phi) is 15.6. The molecule has 250 valence electrons. The fourth-order valence-corrected chi connectivity index (χ4v) is 12.1. The SMILES string of the molecule is COC(=O)[C@@H](NC(=O)[C@@H]1CCCN1C(=O)[C@@H](N)C[Se][Se]C[C@H](N)C(=O)N1CCC[C@H]1C(=O)N[C@H](C(=O)OC)C(C)C)C(C)C. The molecule has 0 saturated carbocycles. The van der Waals surface area contributed by atoms with E-state index in [0.29, 0.717) is 49.4 Å². The van der Waals surface area contributed by atoms with Gasteiger partial charge in [-0.15, -0.1) is 0 Å². The van der Waals surface area contributed by atoms with Gasteiger partial charge >= 0.3 is 271 Å². The molecular weight excluding hydrogens is 706 g/mol. The molecule has 0 aromatic rings. The molecule has 0 bridgehead atoms. The summed E-state index contributed by atoms with van der Waals surface area (Å²) in [5, 5.41) is 6.33. The van der Waals surface area contributed by atoms with Crippen LogP contribution < -0.4 is 22.1 Å². The second-order valence-electron chi connectivity index (χ2n) is 11.7. The Morgan fingerprint density at radius 3 is 1.34 bits per heavy atom. The normalized spacial score (nSPS) is 21.0. The Balaban J connectivity index is 1.85. The zero-order valence-electron chi connectivity index (χ0n) is 26.4. The van der Waals surface area contributed by atoms with Crippen molar-refractivity contribution in [1.82, 2.24) is 20.4 Å². The number of nitrogens with two attached hydrogens (primary N) is 2. The Morgan fingerprint density at radius 1 is 0.705 bits per heavy atom. The molecule has 16 heteroatoms. The molecule has 2 aliphatic heterocycles. The summed E-state index contributed by atoms with van der Waals surface area (Å²) in [5.74, 6) is -2.85.